The molecule has 120 valence electrons. The Hall–Kier alpha value is -2.06. The molecule has 3 heterocycles. The van der Waals surface area contributed by atoms with E-state index in [2.05, 4.69) is 14.7 Å². The summed E-state index contributed by atoms with van der Waals surface area (Å²) in [6.45, 7) is 2.05. The van der Waals surface area contributed by atoms with E-state index in [1.807, 2.05) is 13.0 Å². The number of methoxy groups -OCH3 is 1. The quantitative estimate of drug-likeness (QED) is 0.432. The predicted molar refractivity (Wildman–Crippen MR) is 89.2 cm³/mol. The highest BCUT2D eigenvalue weighted by Gasteiger charge is 2.13. The Balaban J connectivity index is 1.77. The zero-order chi connectivity index (χ0) is 16.4. The van der Waals surface area contributed by atoms with Crippen LogP contribution in [0.3, 0.4) is 0 Å². The highest BCUT2D eigenvalue weighted by molar-refractivity contribution is 7.98. The van der Waals surface area contributed by atoms with Gasteiger partial charge in [0.05, 0.1) is 18.2 Å². The molecule has 8 heteroatoms. The van der Waals surface area contributed by atoms with Crippen molar-refractivity contribution in [2.24, 2.45) is 0 Å². The molecule has 0 aromatic carbocycles. The van der Waals surface area contributed by atoms with Crippen LogP contribution in [0.5, 0.6) is 0 Å². The Bertz CT molecular complexity index is 910. The van der Waals surface area contributed by atoms with Crippen LogP contribution in [0.1, 0.15) is 28.1 Å². The molecule has 3 rings (SSSR count). The Kier molecular flexibility index (Phi) is 4.53. The van der Waals surface area contributed by atoms with Crippen molar-refractivity contribution >= 4 is 39.3 Å². The van der Waals surface area contributed by atoms with Crippen LogP contribution in [0.2, 0.25) is 0 Å². The number of thiophene rings is 1. The number of H-pyrrole nitrogens is 1. The van der Waals surface area contributed by atoms with E-state index < -0.39 is 5.97 Å². The first-order valence-corrected chi connectivity index (χ1v) is 8.73. The number of ether oxygens (including phenoxy) is 1. The summed E-state index contributed by atoms with van der Waals surface area (Å²) in [4.78, 5) is 32.5. The maximum atomic E-state index is 12.1. The maximum absolute atomic E-state index is 12.1. The topological polar surface area (TPSA) is 85.2 Å². The van der Waals surface area contributed by atoms with E-state index in [4.69, 9.17) is 4.42 Å². The average Bonchev–Trinajstić information content (AvgIpc) is 3.18. The monoisotopic (exact) mass is 350 g/mol. The van der Waals surface area contributed by atoms with Crippen molar-refractivity contribution in [1.82, 2.24) is 9.97 Å². The first-order valence-electron chi connectivity index (χ1n) is 6.93. The van der Waals surface area contributed by atoms with E-state index in [1.165, 1.54) is 30.2 Å². The zero-order valence-corrected chi connectivity index (χ0v) is 14.2. The van der Waals surface area contributed by atoms with Gasteiger partial charge >= 0.3 is 5.97 Å². The highest BCUT2D eigenvalue weighted by atomic mass is 32.2. The van der Waals surface area contributed by atoms with Gasteiger partial charge in [0.25, 0.3) is 5.56 Å². The number of carbonyl (C=O) groups excluding carboxylic acids is 1. The van der Waals surface area contributed by atoms with Crippen LogP contribution < -0.4 is 5.56 Å². The number of rotatable bonds is 5. The molecule has 0 aliphatic heterocycles. The minimum absolute atomic E-state index is 0.136. The number of nitrogens with one attached hydrogen (secondary N) is 1. The molecule has 1 N–H and O–H groups in total. The molecule has 6 nitrogen and oxygen atoms in total. The number of nitrogens with zero attached hydrogens (tertiary/aromatic N) is 1. The van der Waals surface area contributed by atoms with Gasteiger partial charge in [-0.1, -0.05) is 18.7 Å². The number of hydrogen-bond acceptors (Lipinski definition) is 7. The van der Waals surface area contributed by atoms with Crippen molar-refractivity contribution in [3.63, 3.8) is 0 Å². The van der Waals surface area contributed by atoms with Crippen molar-refractivity contribution in [3.8, 4) is 0 Å². The molecule has 0 fully saturated rings. The van der Waals surface area contributed by atoms with Crippen LogP contribution >= 0.6 is 23.1 Å². The third-order valence-corrected chi connectivity index (χ3v) is 5.25. The molecular weight excluding hydrogens is 336 g/mol. The number of esters is 1. The number of fused-ring (bicyclic) bond motifs is 1. The first kappa shape index (κ1) is 15.8. The van der Waals surface area contributed by atoms with Gasteiger partial charge in [-0.05, 0) is 24.6 Å². The van der Waals surface area contributed by atoms with Crippen molar-refractivity contribution in [2.45, 2.75) is 24.3 Å². The first-order chi connectivity index (χ1) is 11.1. The van der Waals surface area contributed by atoms with Gasteiger partial charge in [-0.3, -0.25) is 4.79 Å². The summed E-state index contributed by atoms with van der Waals surface area (Å²) >= 11 is 2.88. The fourth-order valence-electron chi connectivity index (χ4n) is 2.01. The predicted octanol–water partition coefficient (Wildman–Crippen LogP) is 3.22. The molecule has 0 atom stereocenters. The van der Waals surface area contributed by atoms with E-state index in [-0.39, 0.29) is 11.3 Å². The fourth-order valence-corrected chi connectivity index (χ4v) is 3.79. The maximum Gasteiger partial charge on any atom is 0.373 e. The lowest BCUT2D eigenvalue weighted by Gasteiger charge is -1.99. The lowest BCUT2D eigenvalue weighted by molar-refractivity contribution is 0.0563. The zero-order valence-electron chi connectivity index (χ0n) is 12.5. The molecule has 23 heavy (non-hydrogen) atoms. The number of hydrogen-bond donors (Lipinski definition) is 1. The Morgan fingerprint density at radius 1 is 1.48 bits per heavy atom. The number of thioether (sulfide) groups is 1. The van der Waals surface area contributed by atoms with Gasteiger partial charge in [0.1, 0.15) is 10.6 Å². The number of aromatic nitrogens is 2. The van der Waals surface area contributed by atoms with Crippen LogP contribution in [-0.2, 0) is 16.9 Å². The summed E-state index contributed by atoms with van der Waals surface area (Å²) in [6, 6.07) is 5.15. The summed E-state index contributed by atoms with van der Waals surface area (Å²) in [5, 5.41) is 1.16. The van der Waals surface area contributed by atoms with E-state index in [1.54, 1.807) is 12.1 Å². The van der Waals surface area contributed by atoms with Crippen LogP contribution in [0.4, 0.5) is 0 Å². The minimum atomic E-state index is -0.514. The summed E-state index contributed by atoms with van der Waals surface area (Å²) < 4.78 is 9.98. The second-order valence-corrected chi connectivity index (χ2v) is 6.78. The molecule has 0 saturated heterocycles. The van der Waals surface area contributed by atoms with E-state index in [0.717, 1.165) is 16.1 Å². The van der Waals surface area contributed by atoms with E-state index >= 15 is 0 Å². The van der Waals surface area contributed by atoms with Gasteiger partial charge in [-0.25, -0.2) is 9.78 Å². The minimum Gasteiger partial charge on any atom is -0.463 e. The van der Waals surface area contributed by atoms with Gasteiger partial charge in [-0.15, -0.1) is 11.3 Å². The summed E-state index contributed by atoms with van der Waals surface area (Å²) in [7, 11) is 1.30. The smallest absolute Gasteiger partial charge is 0.373 e. The van der Waals surface area contributed by atoms with Crippen molar-refractivity contribution in [3.05, 3.63) is 45.0 Å². The van der Waals surface area contributed by atoms with E-state index in [0.29, 0.717) is 22.1 Å². The lowest BCUT2D eigenvalue weighted by atomic mass is 10.3. The third-order valence-electron chi connectivity index (χ3n) is 3.18. The second kappa shape index (κ2) is 6.59. The SMILES string of the molecule is CCc1cc2c(=O)[nH]c(SCc3ccc(C(=O)OC)o3)nc2s1. The molecule has 0 radical (unpaired) electrons. The van der Waals surface area contributed by atoms with Gasteiger partial charge in [-0.2, -0.15) is 0 Å². The summed E-state index contributed by atoms with van der Waals surface area (Å²) in [6.07, 6.45) is 0.881. The van der Waals surface area contributed by atoms with Gasteiger partial charge in [0, 0.05) is 4.88 Å². The van der Waals surface area contributed by atoms with Crippen molar-refractivity contribution < 1.29 is 13.9 Å². The van der Waals surface area contributed by atoms with Gasteiger partial charge in [0.2, 0.25) is 5.76 Å². The number of aryl methyl sites for hydroxylation is 1. The summed E-state index contributed by atoms with van der Waals surface area (Å²) in [5.41, 5.74) is -0.136. The van der Waals surface area contributed by atoms with Crippen LogP contribution in [0.25, 0.3) is 10.2 Å². The molecule has 0 aliphatic rings. The van der Waals surface area contributed by atoms with Gasteiger partial charge < -0.3 is 14.1 Å². The second-order valence-electron chi connectivity index (χ2n) is 4.70. The number of furan rings is 1. The average molecular weight is 350 g/mol. The van der Waals surface area contributed by atoms with Crippen LogP contribution in [0, 0.1) is 0 Å². The molecule has 3 aromatic heterocycles. The fraction of sp³-hybridized carbons (Fsp3) is 0.267. The number of aromatic amines is 1. The summed E-state index contributed by atoms with van der Waals surface area (Å²) in [5.74, 6) is 0.710. The van der Waals surface area contributed by atoms with Crippen molar-refractivity contribution in [1.29, 1.82) is 0 Å². The standard InChI is InChI=1S/C15H14N2O4S2/c1-3-9-6-10-12(18)16-15(17-13(10)23-9)22-7-8-4-5-11(21-8)14(19)20-2/h4-6H,3,7H2,1-2H3,(H,16,17,18). The molecule has 0 unspecified atom stereocenters. The van der Waals surface area contributed by atoms with Crippen LogP contribution in [0.15, 0.2) is 32.6 Å². The third kappa shape index (κ3) is 3.32. The van der Waals surface area contributed by atoms with Crippen LogP contribution in [-0.4, -0.2) is 23.0 Å². The Morgan fingerprint density at radius 2 is 2.30 bits per heavy atom. The highest BCUT2D eigenvalue weighted by Crippen LogP contribution is 2.25. The molecule has 0 aliphatic carbocycles. The Morgan fingerprint density at radius 3 is 3.04 bits per heavy atom. The van der Waals surface area contributed by atoms with E-state index in [9.17, 15) is 9.59 Å². The molecular formula is C15H14N2O4S2. The largest absolute Gasteiger partial charge is 0.463 e. The molecule has 3 aromatic rings. The Labute approximate surface area is 139 Å². The molecule has 0 saturated carbocycles. The molecule has 0 spiro atoms. The normalized spacial score (nSPS) is 11.0. The lowest BCUT2D eigenvalue weighted by Crippen LogP contribution is -2.07. The number of carbonyl (C=O) groups is 1. The van der Waals surface area contributed by atoms with Crippen molar-refractivity contribution in [2.75, 3.05) is 7.11 Å². The van der Waals surface area contributed by atoms with Gasteiger partial charge in [0.15, 0.2) is 5.16 Å². The molecule has 0 amide bonds. The molecule has 0 bridgehead atoms.